The highest BCUT2D eigenvalue weighted by molar-refractivity contribution is 5.41. The molecule has 0 aliphatic carbocycles. The number of nitrogens with zero attached hydrogens (tertiary/aromatic N) is 1. The Bertz CT molecular complexity index is 340. The molecule has 84 valence electrons. The SMILES string of the molecule is CCOC(O)c1c(CO)cnc(C)c1O. The maximum absolute atomic E-state index is 9.69. The van der Waals surface area contributed by atoms with Crippen molar-refractivity contribution >= 4 is 0 Å². The highest BCUT2D eigenvalue weighted by atomic mass is 16.6. The van der Waals surface area contributed by atoms with Gasteiger partial charge < -0.3 is 20.1 Å². The van der Waals surface area contributed by atoms with Gasteiger partial charge in [0.25, 0.3) is 0 Å². The van der Waals surface area contributed by atoms with Crippen molar-refractivity contribution in [3.63, 3.8) is 0 Å². The van der Waals surface area contributed by atoms with Gasteiger partial charge in [0.2, 0.25) is 0 Å². The van der Waals surface area contributed by atoms with Crippen LogP contribution in [-0.2, 0) is 11.3 Å². The zero-order valence-electron chi connectivity index (χ0n) is 8.77. The number of ether oxygens (including phenoxy) is 1. The molecule has 0 radical (unpaired) electrons. The minimum Gasteiger partial charge on any atom is -0.506 e. The smallest absolute Gasteiger partial charge is 0.185 e. The van der Waals surface area contributed by atoms with E-state index in [1.165, 1.54) is 6.20 Å². The summed E-state index contributed by atoms with van der Waals surface area (Å²) in [6.07, 6.45) is 0.172. The summed E-state index contributed by atoms with van der Waals surface area (Å²) in [4.78, 5) is 3.88. The summed E-state index contributed by atoms with van der Waals surface area (Å²) in [5.74, 6) is -0.137. The van der Waals surface area contributed by atoms with E-state index in [4.69, 9.17) is 9.84 Å². The van der Waals surface area contributed by atoms with Gasteiger partial charge in [0.15, 0.2) is 6.29 Å². The summed E-state index contributed by atoms with van der Waals surface area (Å²) < 4.78 is 4.96. The maximum Gasteiger partial charge on any atom is 0.185 e. The zero-order valence-corrected chi connectivity index (χ0v) is 8.77. The first-order chi connectivity index (χ1) is 7.11. The molecule has 0 bridgehead atoms. The molecule has 5 nitrogen and oxygen atoms in total. The number of aryl methyl sites for hydroxylation is 1. The third kappa shape index (κ3) is 2.44. The fourth-order valence-electron chi connectivity index (χ4n) is 1.30. The Morgan fingerprint density at radius 2 is 2.20 bits per heavy atom. The summed E-state index contributed by atoms with van der Waals surface area (Å²) in [5, 5.41) is 28.3. The van der Waals surface area contributed by atoms with Gasteiger partial charge in [0.05, 0.1) is 17.9 Å². The van der Waals surface area contributed by atoms with Crippen molar-refractivity contribution in [2.24, 2.45) is 0 Å². The summed E-state index contributed by atoms with van der Waals surface area (Å²) in [7, 11) is 0. The van der Waals surface area contributed by atoms with E-state index in [-0.39, 0.29) is 17.9 Å². The highest BCUT2D eigenvalue weighted by Crippen LogP contribution is 2.30. The van der Waals surface area contributed by atoms with Gasteiger partial charge in [0, 0.05) is 18.4 Å². The number of aromatic hydroxyl groups is 1. The molecule has 3 N–H and O–H groups in total. The van der Waals surface area contributed by atoms with Crippen LogP contribution in [0, 0.1) is 6.92 Å². The minimum atomic E-state index is -1.24. The Hall–Kier alpha value is -1.17. The van der Waals surface area contributed by atoms with Crippen LogP contribution in [-0.4, -0.2) is 26.9 Å². The Labute approximate surface area is 88.0 Å². The topological polar surface area (TPSA) is 82.8 Å². The number of aromatic nitrogens is 1. The molecule has 15 heavy (non-hydrogen) atoms. The van der Waals surface area contributed by atoms with Crippen molar-refractivity contribution in [3.8, 4) is 5.75 Å². The number of hydrogen-bond donors (Lipinski definition) is 3. The van der Waals surface area contributed by atoms with Crippen molar-refractivity contribution in [2.75, 3.05) is 6.61 Å². The molecule has 0 saturated carbocycles. The molecule has 1 aromatic heterocycles. The number of aliphatic hydroxyl groups excluding tert-OH is 2. The molecule has 0 amide bonds. The molecule has 1 unspecified atom stereocenters. The van der Waals surface area contributed by atoms with Crippen LogP contribution in [0.2, 0.25) is 0 Å². The van der Waals surface area contributed by atoms with Crippen LogP contribution in [0.15, 0.2) is 6.20 Å². The van der Waals surface area contributed by atoms with Crippen LogP contribution in [0.1, 0.15) is 30.0 Å². The Balaban J connectivity index is 3.17. The van der Waals surface area contributed by atoms with Crippen molar-refractivity contribution in [1.29, 1.82) is 0 Å². The average Bonchev–Trinajstić information content (AvgIpc) is 2.22. The fourth-order valence-corrected chi connectivity index (χ4v) is 1.30. The van der Waals surface area contributed by atoms with E-state index in [9.17, 15) is 10.2 Å². The van der Waals surface area contributed by atoms with Crippen molar-refractivity contribution < 1.29 is 20.1 Å². The van der Waals surface area contributed by atoms with Gasteiger partial charge in [-0.2, -0.15) is 0 Å². The molecule has 1 heterocycles. The van der Waals surface area contributed by atoms with E-state index in [1.807, 2.05) is 0 Å². The van der Waals surface area contributed by atoms with Gasteiger partial charge in [0.1, 0.15) is 5.75 Å². The van der Waals surface area contributed by atoms with E-state index in [2.05, 4.69) is 4.98 Å². The molecular weight excluding hydrogens is 198 g/mol. The lowest BCUT2D eigenvalue weighted by Crippen LogP contribution is -2.08. The van der Waals surface area contributed by atoms with Gasteiger partial charge >= 0.3 is 0 Å². The molecule has 0 saturated heterocycles. The third-order valence-electron chi connectivity index (χ3n) is 2.10. The molecule has 0 aliphatic rings. The lowest BCUT2D eigenvalue weighted by molar-refractivity contribution is -0.1000. The van der Waals surface area contributed by atoms with Crippen LogP contribution >= 0.6 is 0 Å². The van der Waals surface area contributed by atoms with Crippen molar-refractivity contribution in [2.45, 2.75) is 26.7 Å². The van der Waals surface area contributed by atoms with E-state index in [0.717, 1.165) is 0 Å². The predicted molar refractivity (Wildman–Crippen MR) is 53.1 cm³/mol. The minimum absolute atomic E-state index is 0.137. The second-order valence-corrected chi connectivity index (χ2v) is 3.10. The molecule has 0 fully saturated rings. The molecule has 5 heteroatoms. The van der Waals surface area contributed by atoms with E-state index >= 15 is 0 Å². The van der Waals surface area contributed by atoms with Crippen molar-refractivity contribution in [1.82, 2.24) is 4.98 Å². The first-order valence-corrected chi connectivity index (χ1v) is 4.69. The quantitative estimate of drug-likeness (QED) is 0.638. The largest absolute Gasteiger partial charge is 0.506 e. The normalized spacial score (nSPS) is 12.8. The summed E-state index contributed by atoms with van der Waals surface area (Å²) in [6.45, 7) is 3.35. The number of aliphatic hydroxyl groups is 2. The van der Waals surface area contributed by atoms with E-state index < -0.39 is 6.29 Å². The van der Waals surface area contributed by atoms with Gasteiger partial charge in [-0.15, -0.1) is 0 Å². The van der Waals surface area contributed by atoms with E-state index in [1.54, 1.807) is 13.8 Å². The summed E-state index contributed by atoms with van der Waals surface area (Å²) >= 11 is 0. The van der Waals surface area contributed by atoms with Crippen LogP contribution < -0.4 is 0 Å². The van der Waals surface area contributed by atoms with Crippen molar-refractivity contribution in [3.05, 3.63) is 23.0 Å². The fraction of sp³-hybridized carbons (Fsp3) is 0.500. The summed E-state index contributed by atoms with van der Waals surface area (Å²) in [5.41, 5.74) is 0.937. The standard InChI is InChI=1S/C10H15NO4/c1-3-15-10(14)8-7(5-12)4-11-6(2)9(8)13/h4,10,12-14H,3,5H2,1-2H3. The Morgan fingerprint density at radius 1 is 1.53 bits per heavy atom. The monoisotopic (exact) mass is 213 g/mol. The van der Waals surface area contributed by atoms with Crippen LogP contribution in [0.3, 0.4) is 0 Å². The molecule has 1 rings (SSSR count). The molecular formula is C10H15NO4. The maximum atomic E-state index is 9.69. The van der Waals surface area contributed by atoms with E-state index in [0.29, 0.717) is 17.9 Å². The first kappa shape index (κ1) is 11.9. The Morgan fingerprint density at radius 3 is 2.73 bits per heavy atom. The van der Waals surface area contributed by atoms with Gasteiger partial charge in [-0.25, -0.2) is 0 Å². The number of rotatable bonds is 4. The zero-order chi connectivity index (χ0) is 11.4. The van der Waals surface area contributed by atoms with Crippen LogP contribution in [0.4, 0.5) is 0 Å². The highest BCUT2D eigenvalue weighted by Gasteiger charge is 2.19. The predicted octanol–water partition coefficient (Wildman–Crippen LogP) is 0.615. The second kappa shape index (κ2) is 5.06. The molecule has 1 aromatic rings. The van der Waals surface area contributed by atoms with Gasteiger partial charge in [-0.05, 0) is 13.8 Å². The molecule has 0 aromatic carbocycles. The summed E-state index contributed by atoms with van der Waals surface area (Å²) in [6, 6.07) is 0. The number of pyridine rings is 1. The third-order valence-corrected chi connectivity index (χ3v) is 2.10. The van der Waals surface area contributed by atoms with Gasteiger partial charge in [-0.3, -0.25) is 4.98 Å². The lowest BCUT2D eigenvalue weighted by Gasteiger charge is -2.16. The van der Waals surface area contributed by atoms with Crippen LogP contribution in [0.25, 0.3) is 0 Å². The molecule has 0 spiro atoms. The first-order valence-electron chi connectivity index (χ1n) is 4.69. The average molecular weight is 213 g/mol. The van der Waals surface area contributed by atoms with Crippen LogP contribution in [0.5, 0.6) is 5.75 Å². The Kier molecular flexibility index (Phi) is 4.02. The molecule has 0 aliphatic heterocycles. The lowest BCUT2D eigenvalue weighted by atomic mass is 10.1. The second-order valence-electron chi connectivity index (χ2n) is 3.10. The number of hydrogen-bond acceptors (Lipinski definition) is 5. The molecule has 1 atom stereocenters. The van der Waals surface area contributed by atoms with Gasteiger partial charge in [-0.1, -0.05) is 0 Å².